The Kier molecular flexibility index (Phi) is 7.65. The third-order valence-corrected chi connectivity index (χ3v) is 6.31. The number of ether oxygens (including phenoxy) is 1. The minimum absolute atomic E-state index is 0.212. The molecule has 0 N–H and O–H groups in total. The monoisotopic (exact) mass is 482 g/mol. The highest BCUT2D eigenvalue weighted by molar-refractivity contribution is 7.98. The van der Waals surface area contributed by atoms with Gasteiger partial charge in [0, 0.05) is 29.0 Å². The predicted molar refractivity (Wildman–Crippen MR) is 130 cm³/mol. The lowest BCUT2D eigenvalue weighted by molar-refractivity contribution is 0.303. The molecule has 0 bridgehead atoms. The summed E-state index contributed by atoms with van der Waals surface area (Å²) in [4.78, 5) is 2.02. The van der Waals surface area contributed by atoms with Crippen molar-refractivity contribution in [3.05, 3.63) is 101 Å². The summed E-state index contributed by atoms with van der Waals surface area (Å²) in [6.45, 7) is 0.957. The predicted octanol–water partition coefficient (Wildman–Crippen LogP) is 5.99. The van der Waals surface area contributed by atoms with Crippen LogP contribution in [0.5, 0.6) is 5.75 Å². The first-order valence-electron chi connectivity index (χ1n) is 10.4. The number of aromatic nitrogens is 3. The molecule has 5 nitrogen and oxygen atoms in total. The molecule has 8 heteroatoms. The summed E-state index contributed by atoms with van der Waals surface area (Å²) >= 11 is 7.72. The first-order valence-corrected chi connectivity index (χ1v) is 11.8. The van der Waals surface area contributed by atoms with Gasteiger partial charge < -0.3 is 4.74 Å². The fraction of sp³-hybridized carbons (Fsp3) is 0.200. The minimum atomic E-state index is -0.212. The van der Waals surface area contributed by atoms with E-state index in [2.05, 4.69) is 10.2 Å². The number of hydrogen-bond acceptors (Lipinski definition) is 5. The smallest absolute Gasteiger partial charge is 0.196 e. The van der Waals surface area contributed by atoms with E-state index in [1.165, 1.54) is 6.07 Å². The number of methoxy groups -OCH3 is 1. The number of benzene rings is 3. The number of halogens is 2. The normalized spacial score (nSPS) is 11.2. The van der Waals surface area contributed by atoms with Crippen molar-refractivity contribution in [3.8, 4) is 11.4 Å². The summed E-state index contributed by atoms with van der Waals surface area (Å²) in [5.41, 5.74) is 2.65. The molecule has 0 aliphatic carbocycles. The van der Waals surface area contributed by atoms with E-state index in [-0.39, 0.29) is 5.82 Å². The van der Waals surface area contributed by atoms with Crippen LogP contribution in [0, 0.1) is 5.82 Å². The van der Waals surface area contributed by atoms with E-state index in [4.69, 9.17) is 16.3 Å². The van der Waals surface area contributed by atoms with Crippen LogP contribution in [0.2, 0.25) is 5.02 Å². The molecule has 33 heavy (non-hydrogen) atoms. The quantitative estimate of drug-likeness (QED) is 0.274. The highest BCUT2D eigenvalue weighted by Gasteiger charge is 2.17. The zero-order valence-corrected chi connectivity index (χ0v) is 20.0. The molecule has 1 aromatic heterocycles. The van der Waals surface area contributed by atoms with Crippen molar-refractivity contribution in [2.45, 2.75) is 24.0 Å². The summed E-state index contributed by atoms with van der Waals surface area (Å²) in [7, 11) is 3.58. The van der Waals surface area contributed by atoms with Gasteiger partial charge in [-0.15, -0.1) is 10.2 Å². The molecule has 0 aliphatic rings. The third kappa shape index (κ3) is 5.93. The van der Waals surface area contributed by atoms with Crippen LogP contribution in [-0.2, 0) is 18.8 Å². The fourth-order valence-corrected chi connectivity index (χ4v) is 4.62. The largest absolute Gasteiger partial charge is 0.497 e. The molecule has 0 atom stereocenters. The summed E-state index contributed by atoms with van der Waals surface area (Å²) in [6.07, 6.45) is 0. The summed E-state index contributed by atoms with van der Waals surface area (Å²) < 4.78 is 21.6. The van der Waals surface area contributed by atoms with Gasteiger partial charge >= 0.3 is 0 Å². The first kappa shape index (κ1) is 23.3. The molecule has 0 amide bonds. The molecule has 170 valence electrons. The molecule has 0 radical (unpaired) electrons. The minimum Gasteiger partial charge on any atom is -0.497 e. The molecule has 4 aromatic rings. The van der Waals surface area contributed by atoms with Crippen molar-refractivity contribution >= 4 is 23.4 Å². The summed E-state index contributed by atoms with van der Waals surface area (Å²) in [5.74, 6) is 2.00. The maximum atomic E-state index is 14.1. The highest BCUT2D eigenvalue weighted by Crippen LogP contribution is 2.28. The van der Waals surface area contributed by atoms with Gasteiger partial charge in [-0.3, -0.25) is 9.47 Å². The second kappa shape index (κ2) is 10.8. The molecule has 4 rings (SSSR count). The number of nitrogens with zero attached hydrogens (tertiary/aromatic N) is 4. The van der Waals surface area contributed by atoms with E-state index in [9.17, 15) is 4.39 Å². The fourth-order valence-electron chi connectivity index (χ4n) is 3.49. The molecule has 0 fully saturated rings. The Morgan fingerprint density at radius 1 is 1.00 bits per heavy atom. The lowest BCUT2D eigenvalue weighted by Gasteiger charge is -2.18. The third-order valence-electron chi connectivity index (χ3n) is 5.08. The summed E-state index contributed by atoms with van der Waals surface area (Å²) in [6, 6.07) is 22.4. The van der Waals surface area contributed by atoms with E-state index in [0.29, 0.717) is 29.4 Å². The van der Waals surface area contributed by atoms with E-state index in [1.807, 2.05) is 71.1 Å². The van der Waals surface area contributed by atoms with Gasteiger partial charge in [0.15, 0.2) is 11.0 Å². The van der Waals surface area contributed by atoms with Crippen LogP contribution >= 0.6 is 23.4 Å². The molecular weight excluding hydrogens is 459 g/mol. The highest BCUT2D eigenvalue weighted by atomic mass is 35.5. The maximum absolute atomic E-state index is 14.1. The van der Waals surface area contributed by atoms with Crippen LogP contribution in [0.4, 0.5) is 4.39 Å². The number of thioether (sulfide) groups is 1. The van der Waals surface area contributed by atoms with E-state index in [1.54, 1.807) is 31.0 Å². The molecule has 1 heterocycles. The molecule has 0 saturated heterocycles. The lowest BCUT2D eigenvalue weighted by Crippen LogP contribution is -2.20. The van der Waals surface area contributed by atoms with Gasteiger partial charge in [0.2, 0.25) is 0 Å². The first-order chi connectivity index (χ1) is 16.0. The standard InChI is InChI=1S/C25H24ClFN4OS/c1-30(15-19-8-3-4-12-23(19)27)16-24-28-29-25(33-17-18-7-5-9-20(26)13-18)31(24)21-10-6-11-22(14-21)32-2/h3-14H,15-17H2,1-2H3. The maximum Gasteiger partial charge on any atom is 0.196 e. The average molecular weight is 483 g/mol. The molecule has 0 saturated carbocycles. The van der Waals surface area contributed by atoms with Gasteiger partial charge in [-0.1, -0.05) is 59.8 Å². The Balaban J connectivity index is 1.61. The van der Waals surface area contributed by atoms with E-state index in [0.717, 1.165) is 28.0 Å². The van der Waals surface area contributed by atoms with Gasteiger partial charge in [-0.2, -0.15) is 0 Å². The Morgan fingerprint density at radius 2 is 1.82 bits per heavy atom. The summed E-state index contributed by atoms with van der Waals surface area (Å²) in [5, 5.41) is 10.4. The zero-order valence-electron chi connectivity index (χ0n) is 18.4. The Labute approximate surface area is 202 Å². The van der Waals surface area contributed by atoms with Crippen molar-refractivity contribution < 1.29 is 9.13 Å². The van der Waals surface area contributed by atoms with Crippen LogP contribution in [0.1, 0.15) is 17.0 Å². The van der Waals surface area contributed by atoms with Crippen LogP contribution in [0.3, 0.4) is 0 Å². The van der Waals surface area contributed by atoms with Gasteiger partial charge in [0.25, 0.3) is 0 Å². The van der Waals surface area contributed by atoms with Gasteiger partial charge in [-0.25, -0.2) is 4.39 Å². The van der Waals surface area contributed by atoms with Crippen LogP contribution in [0.25, 0.3) is 5.69 Å². The number of rotatable bonds is 9. The Bertz CT molecular complexity index is 1230. The zero-order chi connectivity index (χ0) is 23.2. The number of hydrogen-bond donors (Lipinski definition) is 0. The molecule has 0 unspecified atom stereocenters. The second-order valence-corrected chi connectivity index (χ2v) is 9.00. The molecular formula is C25H24ClFN4OS. The van der Waals surface area contributed by atoms with Crippen molar-refractivity contribution in [1.29, 1.82) is 0 Å². The van der Waals surface area contributed by atoms with E-state index < -0.39 is 0 Å². The van der Waals surface area contributed by atoms with E-state index >= 15 is 0 Å². The van der Waals surface area contributed by atoms with Crippen molar-refractivity contribution in [1.82, 2.24) is 19.7 Å². The van der Waals surface area contributed by atoms with Crippen LogP contribution < -0.4 is 4.74 Å². The van der Waals surface area contributed by atoms with Gasteiger partial charge in [0.1, 0.15) is 11.6 Å². The van der Waals surface area contributed by atoms with Crippen LogP contribution in [-0.4, -0.2) is 33.8 Å². The Hall–Kier alpha value is -2.87. The lowest BCUT2D eigenvalue weighted by atomic mass is 10.2. The van der Waals surface area contributed by atoms with Crippen molar-refractivity contribution in [3.63, 3.8) is 0 Å². The topological polar surface area (TPSA) is 43.2 Å². The van der Waals surface area contributed by atoms with Crippen molar-refractivity contribution in [2.24, 2.45) is 0 Å². The molecule has 3 aromatic carbocycles. The SMILES string of the molecule is COc1cccc(-n2c(CN(C)Cc3ccccc3F)nnc2SCc2cccc(Cl)c2)c1. The second-order valence-electron chi connectivity index (χ2n) is 7.62. The van der Waals surface area contributed by atoms with Gasteiger partial charge in [-0.05, 0) is 42.9 Å². The molecule has 0 aliphatic heterocycles. The average Bonchev–Trinajstić information content (AvgIpc) is 3.21. The van der Waals surface area contributed by atoms with Crippen LogP contribution in [0.15, 0.2) is 78.0 Å². The van der Waals surface area contributed by atoms with Gasteiger partial charge in [0.05, 0.1) is 19.3 Å². The molecule has 0 spiro atoms. The van der Waals surface area contributed by atoms with Crippen molar-refractivity contribution in [2.75, 3.05) is 14.2 Å². The Morgan fingerprint density at radius 3 is 2.61 bits per heavy atom.